The van der Waals surface area contributed by atoms with Gasteiger partial charge in [-0.1, -0.05) is 6.07 Å². The number of nitrogens with zero attached hydrogens (tertiary/aromatic N) is 4. The molecule has 8 nitrogen and oxygen atoms in total. The summed E-state index contributed by atoms with van der Waals surface area (Å²) in [4.78, 5) is 25.7. The summed E-state index contributed by atoms with van der Waals surface area (Å²) >= 11 is 1.66. The summed E-state index contributed by atoms with van der Waals surface area (Å²) in [6, 6.07) is 15.5. The number of aryl methyl sites for hydroxylation is 1. The third-order valence-electron chi connectivity index (χ3n) is 6.10. The number of β-amino-alcohol motifs (C(OH)–C–C–N with tert-alkyl or cyclic N) is 1. The fourth-order valence-corrected chi connectivity index (χ4v) is 5.15. The number of piperazine rings is 1. The van der Waals surface area contributed by atoms with Crippen molar-refractivity contribution >= 4 is 44.1 Å². The van der Waals surface area contributed by atoms with E-state index in [4.69, 9.17) is 4.74 Å². The van der Waals surface area contributed by atoms with Crippen molar-refractivity contribution in [3.63, 3.8) is 0 Å². The van der Waals surface area contributed by atoms with E-state index in [-0.39, 0.29) is 12.5 Å². The van der Waals surface area contributed by atoms with Crippen LogP contribution in [0.25, 0.3) is 21.1 Å². The fraction of sp³-hybridized carbons (Fsp3) is 0.346. The number of amides is 1. The molecule has 1 aliphatic heterocycles. The predicted octanol–water partition coefficient (Wildman–Crippen LogP) is 3.15. The van der Waals surface area contributed by atoms with Crippen LogP contribution in [0.5, 0.6) is 5.75 Å². The number of aliphatic hydroxyl groups excluding tert-OH is 1. The first-order valence-electron chi connectivity index (χ1n) is 11.8. The Morgan fingerprint density at radius 2 is 1.94 bits per heavy atom. The highest BCUT2D eigenvalue weighted by Gasteiger charge is 2.21. The van der Waals surface area contributed by atoms with Gasteiger partial charge in [0.05, 0.1) is 27.3 Å². The van der Waals surface area contributed by atoms with Gasteiger partial charge >= 0.3 is 0 Å². The molecule has 35 heavy (non-hydrogen) atoms. The molecule has 3 heterocycles. The van der Waals surface area contributed by atoms with Gasteiger partial charge in [-0.2, -0.15) is 0 Å². The average Bonchev–Trinajstić information content (AvgIpc) is 3.23. The molecular weight excluding hydrogens is 462 g/mol. The number of benzene rings is 2. The molecule has 9 heteroatoms. The number of fused-ring (bicyclic) bond motifs is 2. The molecule has 2 aromatic carbocycles. The highest BCUT2D eigenvalue weighted by atomic mass is 32.1. The molecular formula is C26H29N5O3S. The lowest BCUT2D eigenvalue weighted by Gasteiger charge is -2.35. The van der Waals surface area contributed by atoms with Crippen LogP contribution >= 0.6 is 11.3 Å². The van der Waals surface area contributed by atoms with Crippen LogP contribution in [-0.2, 0) is 4.79 Å². The van der Waals surface area contributed by atoms with Crippen LogP contribution in [0, 0.1) is 6.92 Å². The second-order valence-corrected chi connectivity index (χ2v) is 10.1. The Morgan fingerprint density at radius 1 is 1.11 bits per heavy atom. The van der Waals surface area contributed by atoms with Crippen molar-refractivity contribution in [1.82, 2.24) is 19.8 Å². The highest BCUT2D eigenvalue weighted by molar-refractivity contribution is 7.18. The van der Waals surface area contributed by atoms with E-state index < -0.39 is 6.10 Å². The molecule has 0 radical (unpaired) electrons. The summed E-state index contributed by atoms with van der Waals surface area (Å²) in [6.07, 6.45) is 1.18. The van der Waals surface area contributed by atoms with Crippen LogP contribution in [0.3, 0.4) is 0 Å². The van der Waals surface area contributed by atoms with Crippen molar-refractivity contribution in [3.05, 3.63) is 59.7 Å². The van der Waals surface area contributed by atoms with Gasteiger partial charge in [-0.25, -0.2) is 4.98 Å². The van der Waals surface area contributed by atoms with Gasteiger partial charge in [-0.05, 0) is 43.3 Å². The summed E-state index contributed by atoms with van der Waals surface area (Å²) in [5.41, 5.74) is 2.61. The largest absolute Gasteiger partial charge is 0.491 e. The molecule has 1 aliphatic rings. The van der Waals surface area contributed by atoms with Crippen molar-refractivity contribution in [2.75, 3.05) is 51.2 Å². The number of thiazole rings is 1. The van der Waals surface area contributed by atoms with Gasteiger partial charge in [-0.3, -0.25) is 19.6 Å². The molecule has 2 aromatic heterocycles. The second kappa shape index (κ2) is 10.7. The number of carbonyl (C=O) groups is 1. The standard InChI is InChI=1S/C26H29N5O3S/c1-18-28-24-14-22(5-7-25(24)35-18)34-17-21(32)15-30-9-11-31(12-10-30)16-26(33)29-20-4-6-23-19(13-20)3-2-8-27-23/h2-8,13-14,21,32H,9-12,15-17H2,1H3,(H,29,33)/t21-/m1/s1. The van der Waals surface area contributed by atoms with Gasteiger partial charge in [0.15, 0.2) is 0 Å². The Bertz CT molecular complexity index is 1320. The highest BCUT2D eigenvalue weighted by Crippen LogP contribution is 2.25. The van der Waals surface area contributed by atoms with Crippen LogP contribution in [0.15, 0.2) is 54.7 Å². The molecule has 1 atom stereocenters. The summed E-state index contributed by atoms with van der Waals surface area (Å²) < 4.78 is 6.94. The third-order valence-corrected chi connectivity index (χ3v) is 7.05. The third kappa shape index (κ3) is 6.12. The molecule has 0 bridgehead atoms. The van der Waals surface area contributed by atoms with Gasteiger partial charge in [-0.15, -0.1) is 11.3 Å². The zero-order valence-corrected chi connectivity index (χ0v) is 20.5. The first kappa shape index (κ1) is 23.6. The van der Waals surface area contributed by atoms with E-state index in [2.05, 4.69) is 25.1 Å². The molecule has 2 N–H and O–H groups in total. The van der Waals surface area contributed by atoms with Crippen molar-refractivity contribution in [2.24, 2.45) is 0 Å². The molecule has 1 fully saturated rings. The number of hydrogen-bond acceptors (Lipinski definition) is 8. The smallest absolute Gasteiger partial charge is 0.238 e. The number of hydrogen-bond donors (Lipinski definition) is 2. The average molecular weight is 492 g/mol. The summed E-state index contributed by atoms with van der Waals surface area (Å²) in [5.74, 6) is 0.697. The van der Waals surface area contributed by atoms with E-state index in [1.54, 1.807) is 17.5 Å². The zero-order valence-electron chi connectivity index (χ0n) is 19.7. The van der Waals surface area contributed by atoms with Crippen molar-refractivity contribution < 1.29 is 14.6 Å². The molecule has 5 rings (SSSR count). The number of nitrogens with one attached hydrogen (secondary N) is 1. The molecule has 0 unspecified atom stereocenters. The van der Waals surface area contributed by atoms with E-state index >= 15 is 0 Å². The molecule has 182 valence electrons. The number of rotatable bonds is 8. The summed E-state index contributed by atoms with van der Waals surface area (Å²) in [7, 11) is 0. The Morgan fingerprint density at radius 3 is 2.80 bits per heavy atom. The Kier molecular flexibility index (Phi) is 7.19. The Hall–Kier alpha value is -3.11. The van der Waals surface area contributed by atoms with Gasteiger partial charge < -0.3 is 15.2 Å². The number of aromatic nitrogens is 2. The van der Waals surface area contributed by atoms with E-state index in [0.29, 0.717) is 13.1 Å². The van der Waals surface area contributed by atoms with Crippen molar-refractivity contribution in [1.29, 1.82) is 0 Å². The Balaban J connectivity index is 1.03. The van der Waals surface area contributed by atoms with Crippen LogP contribution in [0.1, 0.15) is 5.01 Å². The molecule has 0 spiro atoms. The zero-order chi connectivity index (χ0) is 24.2. The quantitative estimate of drug-likeness (QED) is 0.391. The maximum absolute atomic E-state index is 12.5. The molecule has 0 saturated carbocycles. The maximum atomic E-state index is 12.5. The lowest BCUT2D eigenvalue weighted by atomic mass is 10.2. The number of aliphatic hydroxyl groups is 1. The summed E-state index contributed by atoms with van der Waals surface area (Å²) in [6.45, 7) is 6.28. The lowest BCUT2D eigenvalue weighted by molar-refractivity contribution is -0.117. The normalized spacial score (nSPS) is 15.9. The minimum Gasteiger partial charge on any atom is -0.491 e. The molecule has 0 aliphatic carbocycles. The van der Waals surface area contributed by atoms with Crippen molar-refractivity contribution in [2.45, 2.75) is 13.0 Å². The predicted molar refractivity (Wildman–Crippen MR) is 139 cm³/mol. The number of ether oxygens (including phenoxy) is 1. The van der Waals surface area contributed by atoms with Crippen LogP contribution in [-0.4, -0.2) is 82.8 Å². The Labute approximate surface area is 208 Å². The summed E-state index contributed by atoms with van der Waals surface area (Å²) in [5, 5.41) is 15.5. The van der Waals surface area contributed by atoms with E-state index in [0.717, 1.165) is 63.7 Å². The second-order valence-electron chi connectivity index (χ2n) is 8.86. The fourth-order valence-electron chi connectivity index (χ4n) is 4.34. The van der Waals surface area contributed by atoms with E-state index in [1.807, 2.05) is 55.5 Å². The number of pyridine rings is 1. The van der Waals surface area contributed by atoms with Gasteiger partial charge in [0, 0.05) is 56.1 Å². The van der Waals surface area contributed by atoms with Gasteiger partial charge in [0.2, 0.25) is 5.91 Å². The lowest BCUT2D eigenvalue weighted by Crippen LogP contribution is -2.50. The molecule has 4 aromatic rings. The number of anilines is 1. The monoisotopic (exact) mass is 491 g/mol. The van der Waals surface area contributed by atoms with Crippen molar-refractivity contribution in [3.8, 4) is 5.75 Å². The molecule has 1 amide bonds. The van der Waals surface area contributed by atoms with Crippen LogP contribution in [0.4, 0.5) is 5.69 Å². The number of carbonyl (C=O) groups excluding carboxylic acids is 1. The topological polar surface area (TPSA) is 90.8 Å². The first-order valence-corrected chi connectivity index (χ1v) is 12.6. The van der Waals surface area contributed by atoms with Gasteiger partial charge in [0.25, 0.3) is 0 Å². The van der Waals surface area contributed by atoms with Crippen LogP contribution < -0.4 is 10.1 Å². The first-order chi connectivity index (χ1) is 17.0. The van der Waals surface area contributed by atoms with E-state index in [9.17, 15) is 9.90 Å². The van der Waals surface area contributed by atoms with Crippen LogP contribution in [0.2, 0.25) is 0 Å². The SMILES string of the molecule is Cc1nc2cc(OC[C@H](O)CN3CCN(CC(=O)Nc4ccc5ncccc5c4)CC3)ccc2s1. The minimum atomic E-state index is -0.583. The van der Waals surface area contributed by atoms with E-state index in [1.165, 1.54) is 0 Å². The minimum absolute atomic E-state index is 0.0256. The van der Waals surface area contributed by atoms with Gasteiger partial charge in [0.1, 0.15) is 18.5 Å². The maximum Gasteiger partial charge on any atom is 0.238 e. The molecule has 1 saturated heterocycles.